The lowest BCUT2D eigenvalue weighted by Crippen LogP contribution is -2.44. The molecule has 7 heteroatoms. The number of carbonyl (C=O) groups excluding carboxylic acids is 1. The van der Waals surface area contributed by atoms with Crippen molar-refractivity contribution >= 4 is 17.6 Å². The third kappa shape index (κ3) is 7.83. The van der Waals surface area contributed by atoms with E-state index in [2.05, 4.69) is 19.2 Å². The Kier molecular flexibility index (Phi) is 9.98. The van der Waals surface area contributed by atoms with Crippen molar-refractivity contribution in [3.05, 3.63) is 64.2 Å². The molecule has 2 N–H and O–H groups in total. The van der Waals surface area contributed by atoms with Gasteiger partial charge < -0.3 is 19.9 Å². The number of halogens is 1. The number of aryl methyl sites for hydroxylation is 1. The van der Waals surface area contributed by atoms with Crippen molar-refractivity contribution in [3.8, 4) is 11.8 Å². The molecule has 172 valence electrons. The van der Waals surface area contributed by atoms with Crippen LogP contribution in [0.25, 0.3) is 0 Å². The Morgan fingerprint density at radius 3 is 2.72 bits per heavy atom. The fraction of sp³-hybridized carbons (Fsp3) is 0.440. The first-order chi connectivity index (χ1) is 15.3. The first kappa shape index (κ1) is 25.7. The van der Waals surface area contributed by atoms with Gasteiger partial charge in [0.1, 0.15) is 30.1 Å². The van der Waals surface area contributed by atoms with Gasteiger partial charge in [-0.3, -0.25) is 0 Å². The minimum absolute atomic E-state index is 0.0466. The van der Waals surface area contributed by atoms with Crippen LogP contribution in [-0.2, 0) is 11.2 Å². The lowest BCUT2D eigenvalue weighted by molar-refractivity contribution is 0.0525. The molecular weight excluding hydrogens is 428 g/mol. The van der Waals surface area contributed by atoms with Crippen molar-refractivity contribution in [1.29, 1.82) is 5.26 Å². The summed E-state index contributed by atoms with van der Waals surface area (Å²) in [6, 6.07) is 14.5. The standard InChI is InChI=1S/C25H31ClN2O4/c1-4-31-24(30)20-11-6-5-9-18(20)10-8-14-25(2,3)28-16-19(29)17-32-23-13-7-12-22(26)21(23)15-27/h5-7,9,11-13,19,28-29H,4,8,10,14,16-17H2,1-3H3/t19-/m1/s1. The maximum atomic E-state index is 12.1. The maximum Gasteiger partial charge on any atom is 0.338 e. The molecule has 6 nitrogen and oxygen atoms in total. The summed E-state index contributed by atoms with van der Waals surface area (Å²) in [5, 5.41) is 23.2. The third-order valence-corrected chi connectivity index (χ3v) is 5.41. The molecular formula is C25H31ClN2O4. The Balaban J connectivity index is 1.80. The highest BCUT2D eigenvalue weighted by atomic mass is 35.5. The Morgan fingerprint density at radius 2 is 2.00 bits per heavy atom. The van der Waals surface area contributed by atoms with E-state index in [1.807, 2.05) is 24.3 Å². The van der Waals surface area contributed by atoms with Gasteiger partial charge in [-0.1, -0.05) is 35.9 Å². The van der Waals surface area contributed by atoms with Crippen molar-refractivity contribution < 1.29 is 19.4 Å². The summed E-state index contributed by atoms with van der Waals surface area (Å²) in [5.41, 5.74) is 1.64. The second-order valence-corrected chi connectivity index (χ2v) is 8.59. The predicted octanol–water partition coefficient (Wildman–Crippen LogP) is 4.52. The molecule has 0 saturated carbocycles. The Bertz CT molecular complexity index is 940. The summed E-state index contributed by atoms with van der Waals surface area (Å²) < 4.78 is 10.7. The number of ether oxygens (including phenoxy) is 2. The second-order valence-electron chi connectivity index (χ2n) is 8.19. The van der Waals surface area contributed by atoms with Crippen LogP contribution < -0.4 is 10.1 Å². The average Bonchev–Trinajstić information content (AvgIpc) is 2.76. The van der Waals surface area contributed by atoms with Crippen LogP contribution in [0.3, 0.4) is 0 Å². The monoisotopic (exact) mass is 458 g/mol. The highest BCUT2D eigenvalue weighted by Crippen LogP contribution is 2.25. The van der Waals surface area contributed by atoms with Crippen LogP contribution in [-0.4, -0.2) is 42.5 Å². The zero-order chi connectivity index (χ0) is 23.6. The van der Waals surface area contributed by atoms with Gasteiger partial charge in [-0.25, -0.2) is 4.79 Å². The number of hydrogen-bond donors (Lipinski definition) is 2. The van der Waals surface area contributed by atoms with Crippen LogP contribution in [0.2, 0.25) is 5.02 Å². The van der Waals surface area contributed by atoms with E-state index in [0.29, 0.717) is 29.5 Å². The number of rotatable bonds is 12. The highest BCUT2D eigenvalue weighted by Gasteiger charge is 2.20. The van der Waals surface area contributed by atoms with Crippen molar-refractivity contribution in [2.24, 2.45) is 0 Å². The van der Waals surface area contributed by atoms with Gasteiger partial charge in [-0.2, -0.15) is 5.26 Å². The van der Waals surface area contributed by atoms with Crippen LogP contribution in [0.4, 0.5) is 0 Å². The predicted molar refractivity (Wildman–Crippen MR) is 125 cm³/mol. The molecule has 1 atom stereocenters. The van der Waals surface area contributed by atoms with Crippen molar-refractivity contribution in [2.75, 3.05) is 19.8 Å². The van der Waals surface area contributed by atoms with Crippen molar-refractivity contribution in [1.82, 2.24) is 5.32 Å². The number of carbonyl (C=O) groups is 1. The summed E-state index contributed by atoms with van der Waals surface area (Å²) in [7, 11) is 0. The van der Waals surface area contributed by atoms with Gasteiger partial charge in [0, 0.05) is 12.1 Å². The molecule has 0 aliphatic heterocycles. The molecule has 0 spiro atoms. The van der Waals surface area contributed by atoms with Gasteiger partial charge in [0.05, 0.1) is 17.2 Å². The topological polar surface area (TPSA) is 91.6 Å². The molecule has 0 aromatic heterocycles. The highest BCUT2D eigenvalue weighted by molar-refractivity contribution is 6.31. The second kappa shape index (κ2) is 12.4. The number of β-amino-alcohol motifs (C(OH)–C–C–N with tert-alkyl or cyclic N) is 1. The van der Waals surface area contributed by atoms with Gasteiger partial charge in [0.25, 0.3) is 0 Å². The fourth-order valence-electron chi connectivity index (χ4n) is 3.33. The van der Waals surface area contributed by atoms with E-state index in [1.165, 1.54) is 0 Å². The Hall–Kier alpha value is -2.59. The molecule has 0 bridgehead atoms. The largest absolute Gasteiger partial charge is 0.489 e. The van der Waals surface area contributed by atoms with E-state index >= 15 is 0 Å². The number of nitrogens with zero attached hydrogens (tertiary/aromatic N) is 1. The van der Waals surface area contributed by atoms with E-state index in [4.69, 9.17) is 21.1 Å². The maximum absolute atomic E-state index is 12.1. The van der Waals surface area contributed by atoms with Crippen molar-refractivity contribution in [2.45, 2.75) is 51.7 Å². The van der Waals surface area contributed by atoms with E-state index in [1.54, 1.807) is 31.2 Å². The molecule has 2 rings (SSSR count). The van der Waals surface area contributed by atoms with E-state index < -0.39 is 6.10 Å². The van der Waals surface area contributed by atoms with Crippen LogP contribution >= 0.6 is 11.6 Å². The molecule has 2 aromatic rings. The molecule has 0 fully saturated rings. The Labute approximate surface area is 195 Å². The van der Waals surface area contributed by atoms with Gasteiger partial charge in [0.2, 0.25) is 0 Å². The van der Waals surface area contributed by atoms with Gasteiger partial charge in [0.15, 0.2) is 0 Å². The van der Waals surface area contributed by atoms with Crippen LogP contribution in [0.15, 0.2) is 42.5 Å². The minimum Gasteiger partial charge on any atom is -0.489 e. The van der Waals surface area contributed by atoms with Crippen LogP contribution in [0.1, 0.15) is 55.1 Å². The van der Waals surface area contributed by atoms with E-state index in [9.17, 15) is 15.2 Å². The Morgan fingerprint density at radius 1 is 1.25 bits per heavy atom. The molecule has 0 saturated heterocycles. The minimum atomic E-state index is -0.746. The van der Waals surface area contributed by atoms with Crippen molar-refractivity contribution in [3.63, 3.8) is 0 Å². The van der Waals surface area contributed by atoms with E-state index in [-0.39, 0.29) is 23.7 Å². The van der Waals surface area contributed by atoms with Gasteiger partial charge in [-0.05, 0) is 63.8 Å². The summed E-state index contributed by atoms with van der Waals surface area (Å²) in [6.45, 7) is 6.68. The first-order valence-electron chi connectivity index (χ1n) is 10.8. The molecule has 0 aliphatic carbocycles. The molecule has 0 amide bonds. The smallest absolute Gasteiger partial charge is 0.338 e. The SMILES string of the molecule is CCOC(=O)c1ccccc1CCCC(C)(C)NC[C@@H](O)COc1cccc(Cl)c1C#N. The molecule has 32 heavy (non-hydrogen) atoms. The lowest BCUT2D eigenvalue weighted by atomic mass is 9.94. The number of aliphatic hydroxyl groups excluding tert-OH is 1. The van der Waals surface area contributed by atoms with Crippen LogP contribution in [0.5, 0.6) is 5.75 Å². The molecule has 0 radical (unpaired) electrons. The zero-order valence-corrected chi connectivity index (χ0v) is 19.6. The lowest BCUT2D eigenvalue weighted by Gasteiger charge is -2.28. The molecule has 0 unspecified atom stereocenters. The number of aliphatic hydroxyl groups is 1. The summed E-state index contributed by atoms with van der Waals surface area (Å²) in [5.74, 6) is 0.0708. The van der Waals surface area contributed by atoms with Gasteiger partial charge >= 0.3 is 5.97 Å². The zero-order valence-electron chi connectivity index (χ0n) is 18.9. The fourth-order valence-corrected chi connectivity index (χ4v) is 3.54. The summed E-state index contributed by atoms with van der Waals surface area (Å²) in [6.07, 6.45) is 1.74. The van der Waals surface area contributed by atoms with Crippen LogP contribution in [0, 0.1) is 11.3 Å². The molecule has 0 aliphatic rings. The quantitative estimate of drug-likeness (QED) is 0.454. The summed E-state index contributed by atoms with van der Waals surface area (Å²) >= 11 is 6.00. The van der Waals surface area contributed by atoms with Gasteiger partial charge in [-0.15, -0.1) is 0 Å². The number of nitriles is 1. The number of benzene rings is 2. The number of nitrogens with one attached hydrogen (secondary N) is 1. The third-order valence-electron chi connectivity index (χ3n) is 5.10. The van der Waals surface area contributed by atoms with E-state index in [0.717, 1.165) is 24.8 Å². The molecule has 0 heterocycles. The first-order valence-corrected chi connectivity index (χ1v) is 11.1. The average molecular weight is 459 g/mol. The normalized spacial score (nSPS) is 12.1. The summed E-state index contributed by atoms with van der Waals surface area (Å²) in [4.78, 5) is 12.1. The number of esters is 1. The number of hydrogen-bond acceptors (Lipinski definition) is 6. The molecule has 2 aromatic carbocycles.